The molecule has 0 saturated carbocycles. The van der Waals surface area contributed by atoms with Crippen molar-refractivity contribution in [3.63, 3.8) is 0 Å². The third-order valence-corrected chi connectivity index (χ3v) is 6.85. The van der Waals surface area contributed by atoms with E-state index >= 15 is 0 Å². The third-order valence-electron chi connectivity index (χ3n) is 6.85. The van der Waals surface area contributed by atoms with Crippen LogP contribution in [0.1, 0.15) is 36.8 Å². The number of halogens is 2. The number of hydrogen-bond donors (Lipinski definition) is 1. The third kappa shape index (κ3) is 4.92. The van der Waals surface area contributed by atoms with Gasteiger partial charge in [-0.15, -0.1) is 0 Å². The van der Waals surface area contributed by atoms with Crippen LogP contribution in [0, 0.1) is 0 Å². The molecule has 0 radical (unpaired) electrons. The number of aromatic nitrogens is 2. The second-order valence-corrected chi connectivity index (χ2v) is 9.16. The molecular weight excluding hydrogens is 438 g/mol. The summed E-state index contributed by atoms with van der Waals surface area (Å²) in [4.78, 5) is 23.2. The van der Waals surface area contributed by atoms with Gasteiger partial charge in [-0.2, -0.15) is 4.98 Å². The standard InChI is InChI=1S/C26H30F2N4O2/c27-26(28)12-4-5-20-21(26)6-3-7-22(20)32-16-14-31(15-17-32)13-1-2-18-34-24-11-9-19-8-10-23(33)29-25(19)30-24/h3,6-11H,1-2,4-5,12-18H2,(H,29,30,33). The van der Waals surface area contributed by atoms with Gasteiger partial charge in [0.25, 0.3) is 5.92 Å². The van der Waals surface area contributed by atoms with Crippen molar-refractivity contribution in [3.05, 3.63) is 63.9 Å². The summed E-state index contributed by atoms with van der Waals surface area (Å²) in [7, 11) is 0. The van der Waals surface area contributed by atoms with Gasteiger partial charge >= 0.3 is 0 Å². The average molecular weight is 469 g/mol. The number of pyridine rings is 2. The maximum Gasteiger partial charge on any atom is 0.273 e. The van der Waals surface area contributed by atoms with E-state index in [4.69, 9.17) is 4.74 Å². The van der Waals surface area contributed by atoms with Crippen LogP contribution < -0.4 is 15.2 Å². The van der Waals surface area contributed by atoms with Gasteiger partial charge in [0.05, 0.1) is 6.61 Å². The van der Waals surface area contributed by atoms with E-state index in [1.165, 1.54) is 6.07 Å². The van der Waals surface area contributed by atoms with Gasteiger partial charge in [-0.25, -0.2) is 8.78 Å². The van der Waals surface area contributed by atoms with Crippen LogP contribution in [0.25, 0.3) is 11.0 Å². The van der Waals surface area contributed by atoms with Crippen molar-refractivity contribution >= 4 is 16.7 Å². The highest BCUT2D eigenvalue weighted by molar-refractivity contribution is 5.74. The van der Waals surface area contributed by atoms with Gasteiger partial charge in [-0.3, -0.25) is 9.69 Å². The fourth-order valence-corrected chi connectivity index (χ4v) is 5.02. The zero-order valence-electron chi connectivity index (χ0n) is 19.2. The molecule has 5 rings (SSSR count). The second kappa shape index (κ2) is 9.70. The van der Waals surface area contributed by atoms with Gasteiger partial charge in [0.2, 0.25) is 11.4 Å². The van der Waals surface area contributed by atoms with Crippen molar-refractivity contribution in [2.45, 2.75) is 38.0 Å². The molecule has 1 saturated heterocycles. The van der Waals surface area contributed by atoms with Crippen LogP contribution in [-0.4, -0.2) is 54.2 Å². The number of anilines is 1. The van der Waals surface area contributed by atoms with E-state index < -0.39 is 5.92 Å². The highest BCUT2D eigenvalue weighted by Crippen LogP contribution is 2.43. The van der Waals surface area contributed by atoms with E-state index in [9.17, 15) is 13.6 Å². The molecule has 1 aromatic carbocycles. The Balaban J connectivity index is 1.07. The Kier molecular flexibility index (Phi) is 6.50. The molecule has 0 atom stereocenters. The number of hydrogen-bond acceptors (Lipinski definition) is 5. The normalized spacial score (nSPS) is 18.1. The first-order valence-corrected chi connectivity index (χ1v) is 12.1. The molecule has 8 heteroatoms. The lowest BCUT2D eigenvalue weighted by molar-refractivity contribution is -0.0216. The fraction of sp³-hybridized carbons (Fsp3) is 0.462. The van der Waals surface area contributed by atoms with Crippen LogP contribution in [0.15, 0.2) is 47.3 Å². The molecule has 0 bridgehead atoms. The molecule has 0 amide bonds. The molecule has 2 aromatic heterocycles. The van der Waals surface area contributed by atoms with E-state index in [1.54, 1.807) is 18.2 Å². The van der Waals surface area contributed by atoms with Crippen LogP contribution >= 0.6 is 0 Å². The maximum absolute atomic E-state index is 14.3. The number of aromatic amines is 1. The van der Waals surface area contributed by atoms with Gasteiger partial charge in [0, 0.05) is 61.4 Å². The van der Waals surface area contributed by atoms with Gasteiger partial charge in [0.15, 0.2) is 0 Å². The predicted molar refractivity (Wildman–Crippen MR) is 129 cm³/mol. The quantitative estimate of drug-likeness (QED) is 0.523. The zero-order chi connectivity index (χ0) is 23.5. The Hall–Kier alpha value is -3.00. The van der Waals surface area contributed by atoms with Crippen LogP contribution in [0.5, 0.6) is 5.88 Å². The highest BCUT2D eigenvalue weighted by Gasteiger charge is 2.38. The predicted octanol–water partition coefficient (Wildman–Crippen LogP) is 4.33. The van der Waals surface area contributed by atoms with Crippen molar-refractivity contribution in [2.24, 2.45) is 0 Å². The average Bonchev–Trinajstić information content (AvgIpc) is 2.84. The highest BCUT2D eigenvalue weighted by atomic mass is 19.3. The Labute approximate surface area is 197 Å². The molecular formula is C26H30F2N4O2. The smallest absolute Gasteiger partial charge is 0.273 e. The van der Waals surface area contributed by atoms with Crippen molar-refractivity contribution in [1.29, 1.82) is 0 Å². The molecule has 1 fully saturated rings. The number of rotatable bonds is 7. The van der Waals surface area contributed by atoms with Gasteiger partial charge in [0.1, 0.15) is 5.65 Å². The zero-order valence-corrected chi connectivity index (χ0v) is 19.2. The first-order chi connectivity index (χ1) is 16.5. The minimum Gasteiger partial charge on any atom is -0.478 e. The Morgan fingerprint density at radius 3 is 2.71 bits per heavy atom. The van der Waals surface area contributed by atoms with E-state index in [0.29, 0.717) is 24.6 Å². The van der Waals surface area contributed by atoms with Crippen LogP contribution in [-0.2, 0) is 12.3 Å². The lowest BCUT2D eigenvalue weighted by Gasteiger charge is -2.38. The molecule has 6 nitrogen and oxygen atoms in total. The number of benzene rings is 1. The number of ether oxygens (including phenoxy) is 1. The number of H-pyrrole nitrogens is 1. The summed E-state index contributed by atoms with van der Waals surface area (Å²) in [5, 5.41) is 0.871. The van der Waals surface area contributed by atoms with Crippen molar-refractivity contribution in [2.75, 3.05) is 44.2 Å². The first kappa shape index (κ1) is 22.8. The van der Waals surface area contributed by atoms with Crippen molar-refractivity contribution in [3.8, 4) is 5.88 Å². The number of unbranched alkanes of at least 4 members (excludes halogenated alkanes) is 1. The van der Waals surface area contributed by atoms with E-state index in [0.717, 1.165) is 68.6 Å². The summed E-state index contributed by atoms with van der Waals surface area (Å²) >= 11 is 0. The molecule has 0 spiro atoms. The number of alkyl halides is 2. The minimum atomic E-state index is -2.70. The molecule has 0 unspecified atom stereocenters. The monoisotopic (exact) mass is 468 g/mol. The Morgan fingerprint density at radius 1 is 1.03 bits per heavy atom. The van der Waals surface area contributed by atoms with Gasteiger partial charge in [-0.05, 0) is 56.0 Å². The summed E-state index contributed by atoms with van der Waals surface area (Å²) in [5.41, 5.74) is 2.42. The van der Waals surface area contributed by atoms with Crippen LogP contribution in [0.3, 0.4) is 0 Å². The van der Waals surface area contributed by atoms with Crippen LogP contribution in [0.2, 0.25) is 0 Å². The van der Waals surface area contributed by atoms with E-state index in [-0.39, 0.29) is 17.5 Å². The van der Waals surface area contributed by atoms with E-state index in [1.807, 2.05) is 18.2 Å². The summed E-state index contributed by atoms with van der Waals surface area (Å²) in [6.07, 6.45) is 3.16. The second-order valence-electron chi connectivity index (χ2n) is 9.16. The molecule has 180 valence electrons. The lowest BCUT2D eigenvalue weighted by Crippen LogP contribution is -2.47. The topological polar surface area (TPSA) is 61.5 Å². The molecule has 2 aliphatic rings. The first-order valence-electron chi connectivity index (χ1n) is 12.1. The van der Waals surface area contributed by atoms with Crippen LogP contribution in [0.4, 0.5) is 14.5 Å². The van der Waals surface area contributed by atoms with E-state index in [2.05, 4.69) is 19.8 Å². The van der Waals surface area contributed by atoms with Gasteiger partial charge in [-0.1, -0.05) is 12.1 Å². The van der Waals surface area contributed by atoms with Gasteiger partial charge < -0.3 is 14.6 Å². The molecule has 1 aliphatic carbocycles. The molecule has 1 aliphatic heterocycles. The Bertz CT molecular complexity index is 1200. The number of nitrogens with zero attached hydrogens (tertiary/aromatic N) is 3. The summed E-state index contributed by atoms with van der Waals surface area (Å²) in [6.45, 7) is 5.14. The Morgan fingerprint density at radius 2 is 1.85 bits per heavy atom. The molecule has 3 aromatic rings. The van der Waals surface area contributed by atoms with Crippen molar-refractivity contribution < 1.29 is 13.5 Å². The fourth-order valence-electron chi connectivity index (χ4n) is 5.02. The number of fused-ring (bicyclic) bond motifs is 2. The number of nitrogens with one attached hydrogen (secondary N) is 1. The summed E-state index contributed by atoms with van der Waals surface area (Å²) < 4.78 is 34.5. The molecule has 34 heavy (non-hydrogen) atoms. The SMILES string of the molecule is O=c1ccc2ccc(OCCCCN3CCN(c4cccc5c4CCCC5(F)F)CC3)nc2[nH]1. The summed E-state index contributed by atoms with van der Waals surface area (Å²) in [5.74, 6) is -2.19. The minimum absolute atomic E-state index is 0.0443. The lowest BCUT2D eigenvalue weighted by atomic mass is 9.87. The molecule has 1 N–H and O–H groups in total. The largest absolute Gasteiger partial charge is 0.478 e. The van der Waals surface area contributed by atoms with Crippen molar-refractivity contribution in [1.82, 2.24) is 14.9 Å². The summed E-state index contributed by atoms with van der Waals surface area (Å²) in [6, 6.07) is 12.3. The molecule has 3 heterocycles. The number of piperazine rings is 1. The maximum atomic E-state index is 14.3.